The molecule has 0 saturated carbocycles. The van der Waals surface area contributed by atoms with Crippen LogP contribution in [0.5, 0.6) is 11.5 Å². The van der Waals surface area contributed by atoms with Crippen LogP contribution in [0.3, 0.4) is 0 Å². The molecule has 3 N–H and O–H groups in total. The molecular weight excluding hydrogens is 288 g/mol. The first kappa shape index (κ1) is 15.4. The van der Waals surface area contributed by atoms with E-state index in [4.69, 9.17) is 9.47 Å². The van der Waals surface area contributed by atoms with Gasteiger partial charge in [-0.2, -0.15) is 5.10 Å². The molecule has 0 aliphatic carbocycles. The van der Waals surface area contributed by atoms with Crippen molar-refractivity contribution < 1.29 is 14.3 Å². The molecule has 8 heteroatoms. The Morgan fingerprint density at radius 2 is 2.09 bits per heavy atom. The molecule has 116 valence electrons. The van der Waals surface area contributed by atoms with Crippen molar-refractivity contribution in [3.8, 4) is 11.5 Å². The fourth-order valence-corrected chi connectivity index (χ4v) is 1.78. The first-order valence-corrected chi connectivity index (χ1v) is 6.43. The van der Waals surface area contributed by atoms with Gasteiger partial charge in [0.1, 0.15) is 11.5 Å². The third kappa shape index (κ3) is 3.98. The Morgan fingerprint density at radius 1 is 1.27 bits per heavy atom. The van der Waals surface area contributed by atoms with Gasteiger partial charge in [-0.25, -0.2) is 5.43 Å². The van der Waals surface area contributed by atoms with E-state index < -0.39 is 0 Å². The number of amides is 1. The topological polar surface area (TPSA) is 109 Å². The number of rotatable bonds is 6. The molecule has 22 heavy (non-hydrogen) atoms. The standard InChI is InChI=1S/C14H16N4O4/c1-21-11-4-3-9(12(7-11)22-2)8-15-17-13(19)5-10-6-14(20)18-16-10/h3-4,6-8H,5H2,1-2H3,(H,17,19)(H2,16,18,20)/b15-8+. The summed E-state index contributed by atoms with van der Waals surface area (Å²) in [6.45, 7) is 0. The number of hydrogen-bond acceptors (Lipinski definition) is 5. The lowest BCUT2D eigenvalue weighted by molar-refractivity contribution is -0.120. The number of aromatic amines is 2. The predicted octanol–water partition coefficient (Wildman–Crippen LogP) is 0.413. The number of nitrogens with one attached hydrogen (secondary N) is 3. The van der Waals surface area contributed by atoms with Crippen LogP contribution in [-0.2, 0) is 11.2 Å². The Balaban J connectivity index is 1.97. The quantitative estimate of drug-likeness (QED) is 0.530. The Bertz CT molecular complexity index is 732. The van der Waals surface area contributed by atoms with Crippen LogP contribution in [0.25, 0.3) is 0 Å². The first-order valence-electron chi connectivity index (χ1n) is 6.43. The average molecular weight is 304 g/mol. The minimum atomic E-state index is -0.348. The first-order chi connectivity index (χ1) is 10.6. The summed E-state index contributed by atoms with van der Waals surface area (Å²) in [5.74, 6) is 0.890. The molecule has 1 amide bonds. The number of methoxy groups -OCH3 is 2. The van der Waals surface area contributed by atoms with Crippen molar-refractivity contribution in [2.24, 2.45) is 5.10 Å². The van der Waals surface area contributed by atoms with Gasteiger partial charge >= 0.3 is 0 Å². The van der Waals surface area contributed by atoms with E-state index in [9.17, 15) is 9.59 Å². The second-order valence-electron chi connectivity index (χ2n) is 4.36. The zero-order valence-corrected chi connectivity index (χ0v) is 12.2. The van der Waals surface area contributed by atoms with Gasteiger partial charge in [0.25, 0.3) is 5.56 Å². The second kappa shape index (κ2) is 7.11. The van der Waals surface area contributed by atoms with Crippen molar-refractivity contribution in [3.05, 3.63) is 45.9 Å². The second-order valence-corrected chi connectivity index (χ2v) is 4.36. The van der Waals surface area contributed by atoms with E-state index in [1.165, 1.54) is 19.4 Å². The molecule has 1 heterocycles. The van der Waals surface area contributed by atoms with Crippen molar-refractivity contribution in [2.45, 2.75) is 6.42 Å². The van der Waals surface area contributed by atoms with Crippen molar-refractivity contribution >= 4 is 12.1 Å². The molecule has 2 aromatic rings. The third-order valence-corrected chi connectivity index (χ3v) is 2.84. The van der Waals surface area contributed by atoms with Gasteiger partial charge in [-0.3, -0.25) is 14.7 Å². The van der Waals surface area contributed by atoms with Gasteiger partial charge in [0.15, 0.2) is 0 Å². The van der Waals surface area contributed by atoms with E-state index in [1.807, 2.05) is 0 Å². The minimum absolute atomic E-state index is 0.0236. The highest BCUT2D eigenvalue weighted by atomic mass is 16.5. The van der Waals surface area contributed by atoms with Crippen LogP contribution in [0, 0.1) is 0 Å². The van der Waals surface area contributed by atoms with Crippen molar-refractivity contribution in [3.63, 3.8) is 0 Å². The Hall–Kier alpha value is -3.03. The zero-order valence-electron chi connectivity index (χ0n) is 12.2. The highest BCUT2D eigenvalue weighted by molar-refractivity contribution is 5.85. The molecule has 0 aliphatic rings. The smallest absolute Gasteiger partial charge is 0.264 e. The van der Waals surface area contributed by atoms with Crippen LogP contribution in [0.1, 0.15) is 11.3 Å². The number of ether oxygens (including phenoxy) is 2. The molecule has 0 unspecified atom stereocenters. The van der Waals surface area contributed by atoms with Crippen LogP contribution in [0.4, 0.5) is 0 Å². The van der Waals surface area contributed by atoms with Crippen LogP contribution in [-0.4, -0.2) is 36.5 Å². The number of aromatic nitrogens is 2. The maximum absolute atomic E-state index is 11.7. The summed E-state index contributed by atoms with van der Waals surface area (Å²) >= 11 is 0. The number of hydrazone groups is 1. The van der Waals surface area contributed by atoms with Gasteiger partial charge < -0.3 is 14.6 Å². The van der Waals surface area contributed by atoms with E-state index in [-0.39, 0.29) is 17.9 Å². The van der Waals surface area contributed by atoms with Crippen molar-refractivity contribution in [1.29, 1.82) is 0 Å². The lowest BCUT2D eigenvalue weighted by Crippen LogP contribution is -2.20. The summed E-state index contributed by atoms with van der Waals surface area (Å²) in [5, 5.41) is 8.81. The zero-order chi connectivity index (χ0) is 15.9. The van der Waals surface area contributed by atoms with Crippen molar-refractivity contribution in [2.75, 3.05) is 14.2 Å². The number of carbonyl (C=O) groups is 1. The van der Waals surface area contributed by atoms with Gasteiger partial charge in [0.2, 0.25) is 5.91 Å². The molecular formula is C14H16N4O4. The number of hydrogen-bond donors (Lipinski definition) is 3. The molecule has 0 radical (unpaired) electrons. The monoisotopic (exact) mass is 304 g/mol. The Labute approximate surface area is 126 Å². The number of H-pyrrole nitrogens is 2. The molecule has 0 bridgehead atoms. The fraction of sp³-hybridized carbons (Fsp3) is 0.214. The maximum Gasteiger partial charge on any atom is 0.264 e. The fourth-order valence-electron chi connectivity index (χ4n) is 1.78. The SMILES string of the molecule is COc1ccc(/C=N/NC(=O)Cc2cc(=O)[nH][nH]2)c(OC)c1. The largest absolute Gasteiger partial charge is 0.497 e. The molecule has 1 aromatic carbocycles. The van der Waals surface area contributed by atoms with Crippen LogP contribution >= 0.6 is 0 Å². The summed E-state index contributed by atoms with van der Waals surface area (Å²) in [5.41, 5.74) is 3.27. The molecule has 0 aliphatic heterocycles. The lowest BCUT2D eigenvalue weighted by Gasteiger charge is -2.06. The van der Waals surface area contributed by atoms with Gasteiger partial charge in [-0.05, 0) is 12.1 Å². The average Bonchev–Trinajstić information content (AvgIpc) is 2.92. The van der Waals surface area contributed by atoms with Gasteiger partial charge in [-0.1, -0.05) is 0 Å². The summed E-state index contributed by atoms with van der Waals surface area (Å²) in [7, 11) is 3.10. The number of benzene rings is 1. The lowest BCUT2D eigenvalue weighted by atomic mass is 10.2. The molecule has 2 rings (SSSR count). The predicted molar refractivity (Wildman–Crippen MR) is 80.4 cm³/mol. The molecule has 0 saturated heterocycles. The molecule has 0 fully saturated rings. The van der Waals surface area contributed by atoms with Crippen LogP contribution in [0.15, 0.2) is 34.2 Å². The summed E-state index contributed by atoms with van der Waals surface area (Å²) in [6.07, 6.45) is 1.49. The highest BCUT2D eigenvalue weighted by Gasteiger charge is 2.05. The summed E-state index contributed by atoms with van der Waals surface area (Å²) < 4.78 is 10.3. The van der Waals surface area contributed by atoms with E-state index >= 15 is 0 Å². The van der Waals surface area contributed by atoms with E-state index in [0.29, 0.717) is 22.8 Å². The van der Waals surface area contributed by atoms with Crippen LogP contribution in [0.2, 0.25) is 0 Å². The molecule has 8 nitrogen and oxygen atoms in total. The van der Waals surface area contributed by atoms with Crippen molar-refractivity contribution in [1.82, 2.24) is 15.6 Å². The summed E-state index contributed by atoms with van der Waals surface area (Å²) in [4.78, 5) is 22.6. The third-order valence-electron chi connectivity index (χ3n) is 2.84. The minimum Gasteiger partial charge on any atom is -0.497 e. The summed E-state index contributed by atoms with van der Waals surface area (Å²) in [6, 6.07) is 6.55. The van der Waals surface area contributed by atoms with E-state index in [1.54, 1.807) is 25.3 Å². The van der Waals surface area contributed by atoms with E-state index in [2.05, 4.69) is 20.7 Å². The van der Waals surface area contributed by atoms with E-state index in [0.717, 1.165) is 0 Å². The Kier molecular flexibility index (Phi) is 4.97. The van der Waals surface area contributed by atoms with Gasteiger partial charge in [0.05, 0.1) is 26.9 Å². The molecule has 1 aromatic heterocycles. The maximum atomic E-state index is 11.7. The van der Waals surface area contributed by atoms with Gasteiger partial charge in [0, 0.05) is 23.4 Å². The van der Waals surface area contributed by atoms with Gasteiger partial charge in [-0.15, -0.1) is 0 Å². The highest BCUT2D eigenvalue weighted by Crippen LogP contribution is 2.22. The number of nitrogens with zero attached hydrogens (tertiary/aromatic N) is 1. The molecule has 0 atom stereocenters. The van der Waals surface area contributed by atoms with Crippen LogP contribution < -0.4 is 20.5 Å². The normalized spacial score (nSPS) is 10.6. The Morgan fingerprint density at radius 3 is 2.73 bits per heavy atom. The number of carbonyl (C=O) groups excluding carboxylic acids is 1. The molecule has 0 spiro atoms.